The predicted molar refractivity (Wildman–Crippen MR) is 174 cm³/mol. The van der Waals surface area contributed by atoms with Gasteiger partial charge in [0.25, 0.3) is 0 Å². The van der Waals surface area contributed by atoms with Gasteiger partial charge in [0.2, 0.25) is 23.6 Å². The van der Waals surface area contributed by atoms with E-state index in [0.29, 0.717) is 11.1 Å². The van der Waals surface area contributed by atoms with Gasteiger partial charge in [-0.3, -0.25) is 19.2 Å². The summed E-state index contributed by atoms with van der Waals surface area (Å²) in [5.41, 5.74) is 13.9. The Balaban J connectivity index is 1.59. The first-order valence-corrected chi connectivity index (χ1v) is 15.0. The van der Waals surface area contributed by atoms with Gasteiger partial charge in [0, 0.05) is 42.8 Å². The van der Waals surface area contributed by atoms with Crippen molar-refractivity contribution in [1.82, 2.24) is 20.9 Å². The van der Waals surface area contributed by atoms with Crippen LogP contribution in [0.1, 0.15) is 29.5 Å². The van der Waals surface area contributed by atoms with E-state index in [1.54, 1.807) is 48.7 Å². The lowest BCUT2D eigenvalue weighted by molar-refractivity contribution is -0.142. The summed E-state index contributed by atoms with van der Waals surface area (Å²) in [6.45, 7) is 0. The molecule has 4 unspecified atom stereocenters. The van der Waals surface area contributed by atoms with Gasteiger partial charge < -0.3 is 42.6 Å². The maximum atomic E-state index is 13.9. The number of carboxylic acid groups (broad SMARTS) is 1. The SMILES string of the molecule is NC(=O)CCC(N)C(=O)NC(Cc1ccccc1)C(=O)NC(Cc1c[nH]c2ccccc12)C(=O)NC(Cc1ccc(O)cc1)C(=O)O. The van der Waals surface area contributed by atoms with Crippen molar-refractivity contribution in [2.45, 2.75) is 56.3 Å². The molecule has 0 fully saturated rings. The van der Waals surface area contributed by atoms with E-state index >= 15 is 0 Å². The highest BCUT2D eigenvalue weighted by Crippen LogP contribution is 2.20. The number of aromatic hydroxyl groups is 1. The van der Waals surface area contributed by atoms with E-state index in [9.17, 15) is 34.2 Å². The van der Waals surface area contributed by atoms with E-state index in [2.05, 4.69) is 20.9 Å². The van der Waals surface area contributed by atoms with Gasteiger partial charge in [-0.1, -0.05) is 60.7 Å². The van der Waals surface area contributed by atoms with Crippen LogP contribution in [0.25, 0.3) is 10.9 Å². The molecule has 13 heteroatoms. The molecule has 0 spiro atoms. The van der Waals surface area contributed by atoms with E-state index in [-0.39, 0.29) is 37.9 Å². The molecule has 0 radical (unpaired) electrons. The lowest BCUT2D eigenvalue weighted by Gasteiger charge is -2.25. The Bertz CT molecular complexity index is 1710. The lowest BCUT2D eigenvalue weighted by atomic mass is 10.0. The van der Waals surface area contributed by atoms with Crippen LogP contribution in [0.3, 0.4) is 0 Å². The van der Waals surface area contributed by atoms with Gasteiger partial charge in [0.1, 0.15) is 23.9 Å². The minimum atomic E-state index is -1.35. The van der Waals surface area contributed by atoms with Crippen LogP contribution in [0.4, 0.5) is 0 Å². The van der Waals surface area contributed by atoms with E-state index in [4.69, 9.17) is 11.5 Å². The Kier molecular flexibility index (Phi) is 11.7. The van der Waals surface area contributed by atoms with Gasteiger partial charge in [-0.05, 0) is 41.3 Å². The van der Waals surface area contributed by atoms with Gasteiger partial charge in [0.15, 0.2) is 0 Å². The van der Waals surface area contributed by atoms with Crippen LogP contribution >= 0.6 is 0 Å². The van der Waals surface area contributed by atoms with Gasteiger partial charge in [0.05, 0.1) is 6.04 Å². The number of aromatic nitrogens is 1. The third-order valence-electron chi connectivity index (χ3n) is 7.68. The number of benzene rings is 3. The molecule has 0 saturated heterocycles. The molecule has 0 bridgehead atoms. The second-order valence-corrected chi connectivity index (χ2v) is 11.3. The van der Waals surface area contributed by atoms with Crippen LogP contribution in [0, 0.1) is 0 Å². The highest BCUT2D eigenvalue weighted by molar-refractivity contribution is 5.95. The fourth-order valence-electron chi connectivity index (χ4n) is 5.11. The highest BCUT2D eigenvalue weighted by atomic mass is 16.4. The predicted octanol–water partition coefficient (Wildman–Crippen LogP) is 1.03. The van der Waals surface area contributed by atoms with E-state index in [0.717, 1.165) is 16.5 Å². The summed E-state index contributed by atoms with van der Waals surface area (Å²) in [5, 5.41) is 28.3. The summed E-state index contributed by atoms with van der Waals surface area (Å²) >= 11 is 0. The van der Waals surface area contributed by atoms with Crippen molar-refractivity contribution in [1.29, 1.82) is 0 Å². The molecule has 4 rings (SSSR count). The molecule has 0 aliphatic carbocycles. The Morgan fingerprint density at radius 1 is 0.702 bits per heavy atom. The largest absolute Gasteiger partial charge is 0.508 e. The van der Waals surface area contributed by atoms with Crippen LogP contribution in [-0.4, -0.2) is 69.0 Å². The Morgan fingerprint density at radius 3 is 1.91 bits per heavy atom. The number of amides is 4. The third kappa shape index (κ3) is 9.90. The summed E-state index contributed by atoms with van der Waals surface area (Å²) in [7, 11) is 0. The van der Waals surface area contributed by atoms with Crippen LogP contribution in [0.15, 0.2) is 85.1 Å². The van der Waals surface area contributed by atoms with Crippen molar-refractivity contribution in [3.05, 3.63) is 102 Å². The second kappa shape index (κ2) is 16.0. The molecule has 3 aromatic carbocycles. The first-order chi connectivity index (χ1) is 22.5. The van der Waals surface area contributed by atoms with Crippen LogP contribution in [0.5, 0.6) is 5.75 Å². The number of para-hydroxylation sites is 1. The fraction of sp³-hybridized carbons (Fsp3) is 0.265. The second-order valence-electron chi connectivity index (χ2n) is 11.3. The molecular formula is C34H38N6O7. The number of carboxylic acids is 1. The number of primary amides is 1. The van der Waals surface area contributed by atoms with E-state index < -0.39 is 53.8 Å². The number of hydrogen-bond acceptors (Lipinski definition) is 7. The minimum absolute atomic E-state index is 0.00271. The van der Waals surface area contributed by atoms with Crippen molar-refractivity contribution in [2.75, 3.05) is 0 Å². The fourth-order valence-corrected chi connectivity index (χ4v) is 5.11. The number of phenols is 1. The molecule has 246 valence electrons. The maximum absolute atomic E-state index is 13.9. The summed E-state index contributed by atoms with van der Waals surface area (Å²) in [6.07, 6.45) is 1.54. The first-order valence-electron chi connectivity index (χ1n) is 15.0. The number of nitrogens with two attached hydrogens (primary N) is 2. The van der Waals surface area contributed by atoms with Gasteiger partial charge >= 0.3 is 5.97 Å². The first kappa shape index (κ1) is 34.2. The topological polar surface area (TPSA) is 230 Å². The zero-order valence-electron chi connectivity index (χ0n) is 25.5. The summed E-state index contributed by atoms with van der Waals surface area (Å²) in [4.78, 5) is 67.1. The molecule has 10 N–H and O–H groups in total. The quantitative estimate of drug-likeness (QED) is 0.0878. The molecule has 0 saturated carbocycles. The molecule has 13 nitrogen and oxygen atoms in total. The number of hydrogen-bond donors (Lipinski definition) is 8. The number of H-pyrrole nitrogens is 1. The Hall–Kier alpha value is -5.69. The smallest absolute Gasteiger partial charge is 0.326 e. The molecular weight excluding hydrogens is 604 g/mol. The third-order valence-corrected chi connectivity index (χ3v) is 7.68. The zero-order valence-corrected chi connectivity index (χ0v) is 25.5. The Morgan fingerprint density at radius 2 is 1.26 bits per heavy atom. The summed E-state index contributed by atoms with van der Waals surface area (Å²) in [6, 6.07) is 17.3. The molecule has 4 aromatic rings. The van der Waals surface area contributed by atoms with Crippen LogP contribution in [0.2, 0.25) is 0 Å². The molecule has 0 aliphatic rings. The van der Waals surface area contributed by atoms with Crippen molar-refractivity contribution in [2.24, 2.45) is 11.5 Å². The monoisotopic (exact) mass is 642 g/mol. The maximum Gasteiger partial charge on any atom is 0.326 e. The molecule has 47 heavy (non-hydrogen) atoms. The average molecular weight is 643 g/mol. The number of aromatic amines is 1. The van der Waals surface area contributed by atoms with Gasteiger partial charge in [-0.2, -0.15) is 0 Å². The van der Waals surface area contributed by atoms with Crippen LogP contribution in [-0.2, 0) is 43.2 Å². The van der Waals surface area contributed by atoms with Crippen molar-refractivity contribution < 1.29 is 34.2 Å². The number of phenolic OH excluding ortho intramolecular Hbond substituents is 1. The standard InChI is InChI=1S/C34H38N6O7/c35-25(14-15-30(36)42)31(43)38-27(16-20-6-2-1-3-7-20)32(44)39-28(18-22-19-37-26-9-5-4-8-24(22)26)33(45)40-29(34(46)47)17-21-10-12-23(41)13-11-21/h1-13,19,25,27-29,37,41H,14-18,35H2,(H2,36,42)(H,38,43)(H,39,44)(H,40,45)(H,46,47). The molecule has 1 heterocycles. The Labute approximate surface area is 270 Å². The number of carbonyl (C=O) groups is 5. The number of aliphatic carboxylic acids is 1. The van der Waals surface area contributed by atoms with Crippen LogP contribution < -0.4 is 27.4 Å². The molecule has 0 aliphatic heterocycles. The molecule has 1 aromatic heterocycles. The number of fused-ring (bicyclic) bond motifs is 1. The van der Waals surface area contributed by atoms with Gasteiger partial charge in [-0.15, -0.1) is 0 Å². The van der Waals surface area contributed by atoms with Gasteiger partial charge in [-0.25, -0.2) is 4.79 Å². The number of rotatable bonds is 16. The minimum Gasteiger partial charge on any atom is -0.508 e. The highest BCUT2D eigenvalue weighted by Gasteiger charge is 2.31. The zero-order chi connectivity index (χ0) is 33.9. The van der Waals surface area contributed by atoms with Crippen molar-refractivity contribution >= 4 is 40.5 Å². The molecule has 4 amide bonds. The number of carbonyl (C=O) groups excluding carboxylic acids is 4. The number of nitrogens with one attached hydrogen (secondary N) is 4. The van der Waals surface area contributed by atoms with E-state index in [1.807, 2.05) is 24.3 Å². The summed E-state index contributed by atoms with van der Waals surface area (Å²) < 4.78 is 0. The van der Waals surface area contributed by atoms with Crippen molar-refractivity contribution in [3.63, 3.8) is 0 Å². The lowest BCUT2D eigenvalue weighted by Crippen LogP contribution is -2.58. The van der Waals surface area contributed by atoms with E-state index in [1.165, 1.54) is 12.1 Å². The van der Waals surface area contributed by atoms with Crippen molar-refractivity contribution in [3.8, 4) is 5.75 Å². The summed E-state index contributed by atoms with van der Waals surface area (Å²) in [5.74, 6) is -4.03. The average Bonchev–Trinajstić information content (AvgIpc) is 3.46. The normalized spacial score (nSPS) is 13.6. The molecule has 4 atom stereocenters.